The number of rotatable bonds is 1. The molecule has 0 radical (unpaired) electrons. The molecule has 0 aliphatic carbocycles. The van der Waals surface area contributed by atoms with Gasteiger partial charge in [0.1, 0.15) is 11.8 Å². The van der Waals surface area contributed by atoms with E-state index in [4.69, 9.17) is 5.26 Å². The van der Waals surface area contributed by atoms with E-state index in [1.807, 2.05) is 35.2 Å². The topological polar surface area (TPSA) is 72.8 Å². The van der Waals surface area contributed by atoms with Crippen molar-refractivity contribution in [2.75, 3.05) is 6.54 Å². The SMILES string of the molecule is N#Cc1nc2c(s1)CN(C(=O)c1cc3ccccc3[nH]1)CC2. The Labute approximate surface area is 130 Å². The summed E-state index contributed by atoms with van der Waals surface area (Å²) in [6, 6.07) is 11.8. The van der Waals surface area contributed by atoms with Crippen molar-refractivity contribution in [3.63, 3.8) is 0 Å². The summed E-state index contributed by atoms with van der Waals surface area (Å²) in [5.41, 5.74) is 2.53. The van der Waals surface area contributed by atoms with Gasteiger partial charge in [0.05, 0.1) is 12.2 Å². The number of H-pyrrole nitrogens is 1. The van der Waals surface area contributed by atoms with Gasteiger partial charge < -0.3 is 9.88 Å². The fraction of sp³-hybridized carbons (Fsp3) is 0.188. The maximum Gasteiger partial charge on any atom is 0.270 e. The van der Waals surface area contributed by atoms with Crippen LogP contribution in [0, 0.1) is 11.3 Å². The number of thiazole rings is 1. The van der Waals surface area contributed by atoms with Crippen LogP contribution in [0.2, 0.25) is 0 Å². The second-order valence-electron chi connectivity index (χ2n) is 5.25. The lowest BCUT2D eigenvalue weighted by molar-refractivity contribution is 0.0731. The maximum atomic E-state index is 12.7. The number of nitriles is 1. The van der Waals surface area contributed by atoms with Crippen LogP contribution in [-0.4, -0.2) is 27.3 Å². The Bertz CT molecular complexity index is 885. The maximum absolute atomic E-state index is 12.7. The second-order valence-corrected chi connectivity index (χ2v) is 6.33. The van der Waals surface area contributed by atoms with E-state index in [1.54, 1.807) is 0 Å². The minimum absolute atomic E-state index is 0.00578. The summed E-state index contributed by atoms with van der Waals surface area (Å²) >= 11 is 1.38. The summed E-state index contributed by atoms with van der Waals surface area (Å²) in [5, 5.41) is 10.4. The van der Waals surface area contributed by atoms with Crippen LogP contribution in [0.3, 0.4) is 0 Å². The van der Waals surface area contributed by atoms with Crippen molar-refractivity contribution in [3.05, 3.63) is 51.6 Å². The minimum atomic E-state index is -0.00578. The van der Waals surface area contributed by atoms with E-state index in [1.165, 1.54) is 11.3 Å². The average Bonchev–Trinajstić information content (AvgIpc) is 3.16. The van der Waals surface area contributed by atoms with Gasteiger partial charge in [-0.2, -0.15) is 5.26 Å². The van der Waals surface area contributed by atoms with E-state index in [0.717, 1.165) is 21.5 Å². The van der Waals surface area contributed by atoms with Crippen LogP contribution in [-0.2, 0) is 13.0 Å². The quantitative estimate of drug-likeness (QED) is 0.751. The van der Waals surface area contributed by atoms with Gasteiger partial charge in [0, 0.05) is 28.7 Å². The number of hydrogen-bond donors (Lipinski definition) is 1. The number of nitrogens with one attached hydrogen (secondary N) is 1. The molecule has 0 unspecified atom stereocenters. The van der Waals surface area contributed by atoms with Gasteiger partial charge in [-0.05, 0) is 12.1 Å². The first kappa shape index (κ1) is 13.0. The van der Waals surface area contributed by atoms with Gasteiger partial charge in [-0.15, -0.1) is 11.3 Å². The monoisotopic (exact) mass is 308 g/mol. The Kier molecular flexibility index (Phi) is 2.94. The molecule has 0 atom stereocenters. The third-order valence-corrected chi connectivity index (χ3v) is 4.86. The number of aromatic amines is 1. The molecule has 0 bridgehead atoms. The Morgan fingerprint density at radius 3 is 3.09 bits per heavy atom. The van der Waals surface area contributed by atoms with E-state index in [2.05, 4.69) is 16.0 Å². The molecule has 108 valence electrons. The fourth-order valence-corrected chi connectivity index (χ4v) is 3.70. The molecule has 3 heterocycles. The zero-order valence-corrected chi connectivity index (χ0v) is 12.5. The Morgan fingerprint density at radius 1 is 1.41 bits per heavy atom. The summed E-state index contributed by atoms with van der Waals surface area (Å²) in [6.07, 6.45) is 0.708. The molecule has 3 aromatic rings. The molecule has 0 saturated carbocycles. The van der Waals surface area contributed by atoms with E-state index in [-0.39, 0.29) is 5.91 Å². The van der Waals surface area contributed by atoms with Crippen LogP contribution in [0.25, 0.3) is 10.9 Å². The number of hydrogen-bond acceptors (Lipinski definition) is 4. The van der Waals surface area contributed by atoms with Gasteiger partial charge in [0.15, 0.2) is 5.01 Å². The molecule has 0 saturated heterocycles. The third kappa shape index (κ3) is 2.07. The summed E-state index contributed by atoms with van der Waals surface area (Å²) in [4.78, 5) is 23.0. The number of para-hydroxylation sites is 1. The van der Waals surface area contributed by atoms with E-state index >= 15 is 0 Å². The van der Waals surface area contributed by atoms with Crippen molar-refractivity contribution in [2.24, 2.45) is 0 Å². The molecule has 5 nitrogen and oxygen atoms in total. The van der Waals surface area contributed by atoms with Gasteiger partial charge in [-0.25, -0.2) is 4.98 Å². The Hall–Kier alpha value is -2.65. The summed E-state index contributed by atoms with van der Waals surface area (Å²) in [7, 11) is 0. The van der Waals surface area contributed by atoms with E-state index in [9.17, 15) is 4.79 Å². The van der Waals surface area contributed by atoms with Crippen LogP contribution in [0.5, 0.6) is 0 Å². The largest absolute Gasteiger partial charge is 0.351 e. The molecule has 4 rings (SSSR count). The zero-order chi connectivity index (χ0) is 15.1. The Morgan fingerprint density at radius 2 is 2.27 bits per heavy atom. The molecular weight excluding hydrogens is 296 g/mol. The first-order valence-corrected chi connectivity index (χ1v) is 7.82. The number of amides is 1. The van der Waals surface area contributed by atoms with Crippen LogP contribution in [0.1, 0.15) is 26.1 Å². The molecule has 1 amide bonds. The van der Waals surface area contributed by atoms with Crippen LogP contribution < -0.4 is 0 Å². The number of carbonyl (C=O) groups excluding carboxylic acids is 1. The lowest BCUT2D eigenvalue weighted by Crippen LogP contribution is -2.35. The predicted molar refractivity (Wildman–Crippen MR) is 83.6 cm³/mol. The highest BCUT2D eigenvalue weighted by molar-refractivity contribution is 7.12. The Balaban J connectivity index is 1.62. The number of benzene rings is 1. The highest BCUT2D eigenvalue weighted by Gasteiger charge is 2.25. The van der Waals surface area contributed by atoms with Crippen LogP contribution in [0.4, 0.5) is 0 Å². The third-order valence-electron chi connectivity index (χ3n) is 3.87. The predicted octanol–water partition coefficient (Wildman–Crippen LogP) is 2.69. The standard InChI is InChI=1S/C16H12N4OS/c17-8-15-19-12-5-6-20(9-14(12)22-15)16(21)13-7-10-3-1-2-4-11(10)18-13/h1-4,7,18H,5-6,9H2. The number of carbonyl (C=O) groups is 1. The summed E-state index contributed by atoms with van der Waals surface area (Å²) < 4.78 is 0. The molecular formula is C16H12N4OS. The molecule has 1 N–H and O–H groups in total. The van der Waals surface area contributed by atoms with Crippen molar-refractivity contribution in [1.29, 1.82) is 5.26 Å². The van der Waals surface area contributed by atoms with Crippen molar-refractivity contribution < 1.29 is 4.79 Å². The second kappa shape index (κ2) is 4.97. The molecule has 22 heavy (non-hydrogen) atoms. The molecule has 6 heteroatoms. The van der Waals surface area contributed by atoms with E-state index in [0.29, 0.717) is 30.2 Å². The first-order valence-electron chi connectivity index (χ1n) is 7.00. The van der Waals surface area contributed by atoms with E-state index < -0.39 is 0 Å². The summed E-state index contributed by atoms with van der Waals surface area (Å²) in [5.74, 6) is -0.00578. The highest BCUT2D eigenvalue weighted by atomic mass is 32.1. The molecule has 0 spiro atoms. The number of aromatic nitrogens is 2. The van der Waals surface area contributed by atoms with Crippen LogP contribution in [0.15, 0.2) is 30.3 Å². The van der Waals surface area contributed by atoms with Gasteiger partial charge in [0.2, 0.25) is 0 Å². The fourth-order valence-electron chi connectivity index (χ4n) is 2.78. The molecule has 1 aliphatic heterocycles. The smallest absolute Gasteiger partial charge is 0.270 e. The molecule has 1 aliphatic rings. The summed E-state index contributed by atoms with van der Waals surface area (Å²) in [6.45, 7) is 1.17. The van der Waals surface area contributed by atoms with Gasteiger partial charge in [0.25, 0.3) is 5.91 Å². The molecule has 2 aromatic heterocycles. The lowest BCUT2D eigenvalue weighted by atomic mass is 10.1. The minimum Gasteiger partial charge on any atom is -0.351 e. The highest BCUT2D eigenvalue weighted by Crippen LogP contribution is 2.26. The van der Waals surface area contributed by atoms with Gasteiger partial charge >= 0.3 is 0 Å². The molecule has 0 fully saturated rings. The zero-order valence-electron chi connectivity index (χ0n) is 11.7. The van der Waals surface area contributed by atoms with Crippen molar-refractivity contribution in [3.8, 4) is 6.07 Å². The van der Waals surface area contributed by atoms with Crippen LogP contribution >= 0.6 is 11.3 Å². The van der Waals surface area contributed by atoms with Crippen molar-refractivity contribution in [2.45, 2.75) is 13.0 Å². The number of nitrogens with zero attached hydrogens (tertiary/aromatic N) is 3. The van der Waals surface area contributed by atoms with Crippen molar-refractivity contribution >= 4 is 28.1 Å². The lowest BCUT2D eigenvalue weighted by Gasteiger charge is -2.25. The normalized spacial score (nSPS) is 13.9. The van der Waals surface area contributed by atoms with Crippen molar-refractivity contribution in [1.82, 2.24) is 14.9 Å². The average molecular weight is 308 g/mol. The van der Waals surface area contributed by atoms with Gasteiger partial charge in [-0.1, -0.05) is 18.2 Å². The first-order chi connectivity index (χ1) is 10.7. The number of fused-ring (bicyclic) bond motifs is 2. The van der Waals surface area contributed by atoms with Gasteiger partial charge in [-0.3, -0.25) is 4.79 Å². The molecule has 1 aromatic carbocycles.